The average molecular weight is 523 g/mol. The Balaban J connectivity index is 1.61. The Hall–Kier alpha value is -3.52. The topological polar surface area (TPSA) is 126 Å². The summed E-state index contributed by atoms with van der Waals surface area (Å²) < 4.78 is 73.2. The van der Waals surface area contributed by atoms with E-state index < -0.39 is 27.5 Å². The predicted molar refractivity (Wildman–Crippen MR) is 123 cm³/mol. The molecule has 4 heterocycles. The minimum Gasteiger partial charge on any atom is -0.420 e. The van der Waals surface area contributed by atoms with Crippen LogP contribution < -0.4 is 5.56 Å². The van der Waals surface area contributed by atoms with E-state index in [-0.39, 0.29) is 52.3 Å². The normalized spacial score (nSPS) is 17.6. The molecule has 0 amide bonds. The molecule has 1 aliphatic heterocycles. The zero-order chi connectivity index (χ0) is 25.8. The second kappa shape index (κ2) is 8.55. The van der Waals surface area contributed by atoms with Crippen molar-refractivity contribution < 1.29 is 26.0 Å². The summed E-state index contributed by atoms with van der Waals surface area (Å²) in [5.41, 5.74) is -2.07. The van der Waals surface area contributed by atoms with Gasteiger partial charge in [0.05, 0.1) is 17.7 Å². The van der Waals surface area contributed by atoms with Crippen LogP contribution in [0.15, 0.2) is 39.5 Å². The first-order valence-electron chi connectivity index (χ1n) is 11.0. The van der Waals surface area contributed by atoms with Gasteiger partial charge in [-0.25, -0.2) is 12.7 Å². The molecule has 3 aromatic heterocycles. The minimum atomic E-state index is -4.81. The minimum absolute atomic E-state index is 0.115. The highest BCUT2D eigenvalue weighted by molar-refractivity contribution is 7.88. The number of nitrogens with zero attached hydrogens (tertiary/aromatic N) is 5. The molecule has 36 heavy (non-hydrogen) atoms. The van der Waals surface area contributed by atoms with Crippen molar-refractivity contribution in [2.45, 2.75) is 31.9 Å². The van der Waals surface area contributed by atoms with Crippen LogP contribution in [0.2, 0.25) is 0 Å². The summed E-state index contributed by atoms with van der Waals surface area (Å²) >= 11 is 0. The molecule has 0 spiro atoms. The quantitative estimate of drug-likeness (QED) is 0.436. The number of hydrogen-bond donors (Lipinski definition) is 1. The average Bonchev–Trinajstić information content (AvgIpc) is 3.45. The van der Waals surface area contributed by atoms with Crippen LogP contribution in [-0.4, -0.2) is 56.9 Å². The number of H-pyrrole nitrogens is 1. The van der Waals surface area contributed by atoms with Crippen molar-refractivity contribution in [2.75, 3.05) is 19.3 Å². The third kappa shape index (κ3) is 4.19. The number of sulfonamides is 1. The van der Waals surface area contributed by atoms with Crippen molar-refractivity contribution >= 4 is 15.7 Å². The Morgan fingerprint density at radius 3 is 2.53 bits per heavy atom. The van der Waals surface area contributed by atoms with E-state index in [2.05, 4.69) is 20.3 Å². The van der Waals surface area contributed by atoms with Gasteiger partial charge in [0.15, 0.2) is 5.69 Å². The standard InChI is InChI=1S/C22H21F3N6O4S/c1-12-15(20-28-27-19(35-20)14-9-6-10-30(11-14)36(2,33)34)21(32)31-18(26-12)16(13-7-4-3-5-8-13)17(29-31)22(23,24)25/h3-5,7-8,14,26H,6,9-11H2,1-2H3. The Kier molecular flexibility index (Phi) is 5.75. The van der Waals surface area contributed by atoms with Crippen LogP contribution in [-0.2, 0) is 16.2 Å². The molecule has 0 aliphatic carbocycles. The summed E-state index contributed by atoms with van der Waals surface area (Å²) in [5, 5.41) is 11.6. The summed E-state index contributed by atoms with van der Waals surface area (Å²) in [4.78, 5) is 16.2. The molecule has 1 atom stereocenters. The van der Waals surface area contributed by atoms with Gasteiger partial charge in [0.1, 0.15) is 11.2 Å². The Bertz CT molecular complexity index is 1610. The number of rotatable bonds is 4. The first-order chi connectivity index (χ1) is 16.9. The third-order valence-electron chi connectivity index (χ3n) is 6.16. The molecule has 1 N–H and O–H groups in total. The Labute approximate surface area is 202 Å². The van der Waals surface area contributed by atoms with E-state index in [1.54, 1.807) is 18.2 Å². The molecular formula is C22H21F3N6O4S. The van der Waals surface area contributed by atoms with Crippen LogP contribution in [0.25, 0.3) is 28.2 Å². The van der Waals surface area contributed by atoms with Gasteiger partial charge in [-0.05, 0) is 25.3 Å². The molecule has 1 saturated heterocycles. The Morgan fingerprint density at radius 1 is 1.14 bits per heavy atom. The lowest BCUT2D eigenvalue weighted by Gasteiger charge is -2.28. The van der Waals surface area contributed by atoms with Crippen LogP contribution in [0.5, 0.6) is 0 Å². The molecular weight excluding hydrogens is 501 g/mol. The monoisotopic (exact) mass is 522 g/mol. The lowest BCUT2D eigenvalue weighted by atomic mass is 10.00. The van der Waals surface area contributed by atoms with Crippen molar-refractivity contribution in [3.05, 3.63) is 58.0 Å². The maximum Gasteiger partial charge on any atom is 0.435 e. The van der Waals surface area contributed by atoms with Crippen molar-refractivity contribution in [1.29, 1.82) is 0 Å². The molecule has 10 nitrogen and oxygen atoms in total. The van der Waals surface area contributed by atoms with Gasteiger partial charge in [0.25, 0.3) is 11.4 Å². The number of benzene rings is 1. The molecule has 0 radical (unpaired) electrons. The molecule has 1 fully saturated rings. The number of aromatic amines is 1. The number of fused-ring (bicyclic) bond motifs is 1. The van der Waals surface area contributed by atoms with Gasteiger partial charge < -0.3 is 9.40 Å². The molecule has 1 unspecified atom stereocenters. The molecule has 1 aliphatic rings. The number of halogens is 3. The number of piperidine rings is 1. The number of aromatic nitrogens is 5. The number of alkyl halides is 3. The number of nitrogens with one attached hydrogen (secondary N) is 1. The van der Waals surface area contributed by atoms with Crippen molar-refractivity contribution in [3.63, 3.8) is 0 Å². The lowest BCUT2D eigenvalue weighted by molar-refractivity contribution is -0.140. The first kappa shape index (κ1) is 24.2. The van der Waals surface area contributed by atoms with Crippen LogP contribution in [0.4, 0.5) is 13.2 Å². The van der Waals surface area contributed by atoms with Gasteiger partial charge in [-0.15, -0.1) is 10.2 Å². The van der Waals surface area contributed by atoms with Crippen molar-refractivity contribution in [2.24, 2.45) is 0 Å². The van der Waals surface area contributed by atoms with E-state index in [1.807, 2.05) is 0 Å². The van der Waals surface area contributed by atoms with Gasteiger partial charge in [-0.3, -0.25) is 4.79 Å². The lowest BCUT2D eigenvalue weighted by Crippen LogP contribution is -2.38. The fraction of sp³-hybridized carbons (Fsp3) is 0.364. The zero-order valence-corrected chi connectivity index (χ0v) is 20.0. The first-order valence-corrected chi connectivity index (χ1v) is 12.9. The second-order valence-corrected chi connectivity index (χ2v) is 10.7. The summed E-state index contributed by atoms with van der Waals surface area (Å²) in [5.74, 6) is -0.407. The molecule has 0 saturated carbocycles. The number of aryl methyl sites for hydroxylation is 1. The highest BCUT2D eigenvalue weighted by Crippen LogP contribution is 2.38. The predicted octanol–water partition coefficient (Wildman–Crippen LogP) is 3.21. The van der Waals surface area contributed by atoms with Gasteiger partial charge in [0, 0.05) is 18.8 Å². The molecule has 5 rings (SSSR count). The number of hydrogen-bond acceptors (Lipinski definition) is 7. The van der Waals surface area contributed by atoms with Gasteiger partial charge >= 0.3 is 6.18 Å². The highest BCUT2D eigenvalue weighted by Gasteiger charge is 2.39. The second-order valence-electron chi connectivity index (χ2n) is 8.68. The van der Waals surface area contributed by atoms with Crippen LogP contribution in [0.3, 0.4) is 0 Å². The van der Waals surface area contributed by atoms with Crippen molar-refractivity contribution in [3.8, 4) is 22.6 Å². The largest absolute Gasteiger partial charge is 0.435 e. The van der Waals surface area contributed by atoms with E-state index >= 15 is 0 Å². The van der Waals surface area contributed by atoms with E-state index in [0.29, 0.717) is 23.9 Å². The van der Waals surface area contributed by atoms with Crippen LogP contribution >= 0.6 is 0 Å². The molecule has 4 aromatic rings. The smallest absolute Gasteiger partial charge is 0.420 e. The maximum absolute atomic E-state index is 13.9. The fourth-order valence-electron chi connectivity index (χ4n) is 4.46. The molecule has 14 heteroatoms. The van der Waals surface area contributed by atoms with E-state index in [1.165, 1.54) is 23.4 Å². The van der Waals surface area contributed by atoms with E-state index in [4.69, 9.17) is 4.42 Å². The maximum atomic E-state index is 13.9. The van der Waals surface area contributed by atoms with Gasteiger partial charge in [-0.1, -0.05) is 30.3 Å². The van der Waals surface area contributed by atoms with Crippen molar-refractivity contribution in [1.82, 2.24) is 29.1 Å². The molecule has 1 aromatic carbocycles. The van der Waals surface area contributed by atoms with Crippen LogP contribution in [0, 0.1) is 6.92 Å². The summed E-state index contributed by atoms with van der Waals surface area (Å²) in [6.45, 7) is 2.06. The van der Waals surface area contributed by atoms with Gasteiger partial charge in [0.2, 0.25) is 15.9 Å². The molecule has 190 valence electrons. The van der Waals surface area contributed by atoms with E-state index in [9.17, 15) is 26.4 Å². The SMILES string of the molecule is Cc1[nH]c2c(-c3ccccc3)c(C(F)(F)F)nn2c(=O)c1-c1nnc(C2CCCN(S(C)(=O)=O)C2)o1. The Morgan fingerprint density at radius 2 is 1.86 bits per heavy atom. The highest BCUT2D eigenvalue weighted by atomic mass is 32.2. The van der Waals surface area contributed by atoms with Crippen LogP contribution in [0.1, 0.15) is 36.0 Å². The zero-order valence-electron chi connectivity index (χ0n) is 19.2. The summed E-state index contributed by atoms with van der Waals surface area (Å²) in [6.07, 6.45) is -2.49. The van der Waals surface area contributed by atoms with Gasteiger partial charge in [-0.2, -0.15) is 22.8 Å². The fourth-order valence-corrected chi connectivity index (χ4v) is 5.37. The summed E-state index contributed by atoms with van der Waals surface area (Å²) in [6, 6.07) is 7.86. The van der Waals surface area contributed by atoms with E-state index in [0.717, 1.165) is 6.26 Å². The molecule has 0 bridgehead atoms. The third-order valence-corrected chi connectivity index (χ3v) is 7.43. The summed E-state index contributed by atoms with van der Waals surface area (Å²) in [7, 11) is -3.40.